The normalized spacial score (nSPS) is 10.5. The maximum atomic E-state index is 6.13. The highest BCUT2D eigenvalue weighted by Gasteiger charge is 2.03. The van der Waals surface area contributed by atoms with Gasteiger partial charge in [0.1, 0.15) is 12.4 Å². The first-order valence-corrected chi connectivity index (χ1v) is 7.02. The zero-order chi connectivity index (χ0) is 13.7. The molecule has 1 heterocycles. The Balaban J connectivity index is 1.98. The molecule has 2 aromatic rings. The third kappa shape index (κ3) is 4.20. The lowest BCUT2D eigenvalue weighted by Gasteiger charge is -2.08. The predicted molar refractivity (Wildman–Crippen MR) is 80.5 cm³/mol. The van der Waals surface area contributed by atoms with Gasteiger partial charge in [-0.1, -0.05) is 33.6 Å². The monoisotopic (exact) mass is 340 g/mol. The number of hydrogen-bond donors (Lipinski definition) is 1. The van der Waals surface area contributed by atoms with Crippen LogP contribution in [0, 0.1) is 0 Å². The first-order valence-electron chi connectivity index (χ1n) is 5.85. The van der Waals surface area contributed by atoms with Gasteiger partial charge in [-0.3, -0.25) is 4.98 Å². The fourth-order valence-electron chi connectivity index (χ4n) is 1.58. The number of benzene rings is 1. The second-order valence-corrected chi connectivity index (χ2v) is 5.36. The minimum Gasteiger partial charge on any atom is -0.487 e. The van der Waals surface area contributed by atoms with Crippen LogP contribution >= 0.6 is 27.5 Å². The molecule has 2 rings (SSSR count). The van der Waals surface area contributed by atoms with Crippen LogP contribution in [0.2, 0.25) is 5.02 Å². The first kappa shape index (κ1) is 14.3. The van der Waals surface area contributed by atoms with Crippen LogP contribution in [-0.4, -0.2) is 12.0 Å². The van der Waals surface area contributed by atoms with Gasteiger partial charge in [-0.05, 0) is 31.3 Å². The second-order valence-electron chi connectivity index (χ2n) is 4.04. The molecule has 0 bridgehead atoms. The zero-order valence-electron chi connectivity index (χ0n) is 10.5. The molecular weight excluding hydrogens is 328 g/mol. The van der Waals surface area contributed by atoms with Crippen molar-refractivity contribution < 1.29 is 4.74 Å². The molecule has 3 nitrogen and oxygen atoms in total. The standard InChI is InChI=1S/C14H14BrClN2O/c1-17-7-12-4-5-13(8-18-12)19-9-10-2-3-11(15)6-14(10)16/h2-6,8,17H,7,9H2,1H3. The zero-order valence-corrected chi connectivity index (χ0v) is 12.8. The van der Waals surface area contributed by atoms with Crippen molar-refractivity contribution in [3.8, 4) is 5.75 Å². The Kier molecular flexibility index (Phi) is 5.19. The van der Waals surface area contributed by atoms with Crippen molar-refractivity contribution in [2.75, 3.05) is 7.05 Å². The summed E-state index contributed by atoms with van der Waals surface area (Å²) < 4.78 is 6.62. The molecule has 0 aliphatic carbocycles. The van der Waals surface area contributed by atoms with Crippen molar-refractivity contribution >= 4 is 27.5 Å². The molecule has 0 fully saturated rings. The molecule has 100 valence electrons. The van der Waals surface area contributed by atoms with Crippen molar-refractivity contribution in [3.63, 3.8) is 0 Å². The Labute approximate surface area is 126 Å². The van der Waals surface area contributed by atoms with Crippen LogP contribution in [0.1, 0.15) is 11.3 Å². The molecule has 0 atom stereocenters. The van der Waals surface area contributed by atoms with E-state index in [0.717, 1.165) is 28.0 Å². The number of aromatic nitrogens is 1. The van der Waals surface area contributed by atoms with Gasteiger partial charge in [0, 0.05) is 21.6 Å². The molecular formula is C14H14BrClN2O. The topological polar surface area (TPSA) is 34.1 Å². The van der Waals surface area contributed by atoms with Crippen LogP contribution < -0.4 is 10.1 Å². The van der Waals surface area contributed by atoms with E-state index >= 15 is 0 Å². The van der Waals surface area contributed by atoms with Gasteiger partial charge in [-0.25, -0.2) is 0 Å². The summed E-state index contributed by atoms with van der Waals surface area (Å²) in [6.45, 7) is 1.18. The van der Waals surface area contributed by atoms with Crippen LogP contribution in [0.5, 0.6) is 5.75 Å². The average molecular weight is 342 g/mol. The molecule has 0 radical (unpaired) electrons. The van der Waals surface area contributed by atoms with Crippen molar-refractivity contribution in [2.24, 2.45) is 0 Å². The summed E-state index contributed by atoms with van der Waals surface area (Å²) in [4.78, 5) is 4.29. The van der Waals surface area contributed by atoms with Crippen molar-refractivity contribution in [1.29, 1.82) is 0 Å². The number of halogens is 2. The van der Waals surface area contributed by atoms with Gasteiger partial charge in [0.15, 0.2) is 0 Å². The van der Waals surface area contributed by atoms with E-state index in [9.17, 15) is 0 Å². The maximum Gasteiger partial charge on any atom is 0.138 e. The highest BCUT2D eigenvalue weighted by atomic mass is 79.9. The lowest BCUT2D eigenvalue weighted by Crippen LogP contribution is -2.06. The molecule has 1 N–H and O–H groups in total. The summed E-state index contributed by atoms with van der Waals surface area (Å²) in [5.41, 5.74) is 1.93. The molecule has 0 spiro atoms. The summed E-state index contributed by atoms with van der Waals surface area (Å²) in [5.74, 6) is 0.735. The summed E-state index contributed by atoms with van der Waals surface area (Å²) in [7, 11) is 1.89. The summed E-state index contributed by atoms with van der Waals surface area (Å²) in [5, 5.41) is 3.74. The highest BCUT2D eigenvalue weighted by Crippen LogP contribution is 2.22. The number of hydrogen-bond acceptors (Lipinski definition) is 3. The van der Waals surface area contributed by atoms with Crippen LogP contribution in [0.3, 0.4) is 0 Å². The molecule has 0 amide bonds. The van der Waals surface area contributed by atoms with E-state index in [0.29, 0.717) is 11.6 Å². The Morgan fingerprint density at radius 2 is 2.16 bits per heavy atom. The summed E-state index contributed by atoms with van der Waals surface area (Å²) in [6, 6.07) is 9.59. The largest absolute Gasteiger partial charge is 0.487 e. The highest BCUT2D eigenvalue weighted by molar-refractivity contribution is 9.10. The van der Waals surface area contributed by atoms with Crippen molar-refractivity contribution in [2.45, 2.75) is 13.2 Å². The van der Waals surface area contributed by atoms with Crippen molar-refractivity contribution in [1.82, 2.24) is 10.3 Å². The van der Waals surface area contributed by atoms with E-state index in [4.69, 9.17) is 16.3 Å². The number of nitrogens with one attached hydrogen (secondary N) is 1. The molecule has 0 unspecified atom stereocenters. The molecule has 5 heteroatoms. The molecule has 1 aromatic carbocycles. The minimum absolute atomic E-state index is 0.430. The van der Waals surface area contributed by atoms with E-state index in [1.54, 1.807) is 6.20 Å². The molecule has 0 saturated heterocycles. The van der Waals surface area contributed by atoms with Gasteiger partial charge in [-0.15, -0.1) is 0 Å². The van der Waals surface area contributed by atoms with Crippen molar-refractivity contribution in [3.05, 3.63) is 57.3 Å². The number of ether oxygens (including phenoxy) is 1. The Morgan fingerprint density at radius 3 is 2.79 bits per heavy atom. The second kappa shape index (κ2) is 6.89. The van der Waals surface area contributed by atoms with Gasteiger partial charge in [0.05, 0.1) is 11.9 Å². The third-order valence-corrected chi connectivity index (χ3v) is 3.41. The average Bonchev–Trinajstić information content (AvgIpc) is 2.40. The molecule has 0 saturated carbocycles. The fraction of sp³-hybridized carbons (Fsp3) is 0.214. The molecule has 0 aliphatic rings. The predicted octanol–water partition coefficient (Wildman–Crippen LogP) is 3.80. The van der Waals surface area contributed by atoms with Gasteiger partial charge in [0.2, 0.25) is 0 Å². The van der Waals surface area contributed by atoms with Gasteiger partial charge in [-0.2, -0.15) is 0 Å². The van der Waals surface area contributed by atoms with Gasteiger partial charge in [0.25, 0.3) is 0 Å². The third-order valence-electron chi connectivity index (χ3n) is 2.56. The maximum absolute atomic E-state index is 6.13. The summed E-state index contributed by atoms with van der Waals surface area (Å²) in [6.07, 6.45) is 1.72. The van der Waals surface area contributed by atoms with Crippen LogP contribution in [-0.2, 0) is 13.2 Å². The van der Waals surface area contributed by atoms with E-state index in [2.05, 4.69) is 26.2 Å². The first-order chi connectivity index (χ1) is 9.19. The van der Waals surface area contributed by atoms with Gasteiger partial charge < -0.3 is 10.1 Å². The SMILES string of the molecule is CNCc1ccc(OCc2ccc(Br)cc2Cl)cn1. The minimum atomic E-state index is 0.430. The van der Waals surface area contributed by atoms with E-state index in [1.165, 1.54) is 0 Å². The van der Waals surface area contributed by atoms with Crippen LogP contribution in [0.25, 0.3) is 0 Å². The Hall–Kier alpha value is -1.10. The van der Waals surface area contributed by atoms with Crippen LogP contribution in [0.4, 0.5) is 0 Å². The van der Waals surface area contributed by atoms with E-state index in [1.807, 2.05) is 37.4 Å². The Bertz CT molecular complexity index is 546. The molecule has 0 aliphatic heterocycles. The number of pyridine rings is 1. The van der Waals surface area contributed by atoms with E-state index in [-0.39, 0.29) is 0 Å². The van der Waals surface area contributed by atoms with E-state index < -0.39 is 0 Å². The van der Waals surface area contributed by atoms with Gasteiger partial charge >= 0.3 is 0 Å². The lowest BCUT2D eigenvalue weighted by molar-refractivity contribution is 0.305. The quantitative estimate of drug-likeness (QED) is 0.898. The molecule has 19 heavy (non-hydrogen) atoms. The fourth-order valence-corrected chi connectivity index (χ4v) is 2.31. The molecule has 1 aromatic heterocycles. The number of nitrogens with zero attached hydrogens (tertiary/aromatic N) is 1. The smallest absolute Gasteiger partial charge is 0.138 e. The lowest BCUT2D eigenvalue weighted by atomic mass is 10.2. The summed E-state index contributed by atoms with van der Waals surface area (Å²) >= 11 is 9.50. The number of rotatable bonds is 5. The van der Waals surface area contributed by atoms with Crippen LogP contribution in [0.15, 0.2) is 41.0 Å². The Morgan fingerprint density at radius 1 is 1.32 bits per heavy atom.